The van der Waals surface area contributed by atoms with Crippen molar-refractivity contribution < 1.29 is 9.90 Å². The van der Waals surface area contributed by atoms with E-state index < -0.39 is 5.97 Å². The Kier molecular flexibility index (Phi) is 3.26. The molecule has 0 unspecified atom stereocenters. The highest BCUT2D eigenvalue weighted by Gasteiger charge is 2.14. The molecule has 2 aromatic carbocycles. The van der Waals surface area contributed by atoms with Crippen LogP contribution < -0.4 is 0 Å². The van der Waals surface area contributed by atoms with Crippen molar-refractivity contribution in [3.05, 3.63) is 70.9 Å². The predicted octanol–water partition coefficient (Wildman–Crippen LogP) is 4.00. The minimum Gasteiger partial charge on any atom is -0.478 e. The van der Waals surface area contributed by atoms with Crippen molar-refractivity contribution in [1.82, 2.24) is 4.57 Å². The molecule has 1 aromatic heterocycles. The maximum absolute atomic E-state index is 11.4. The third-order valence-electron chi connectivity index (χ3n) is 4.12. The SMILES string of the molecule is Cc1c(C)n(Cc2ccccc2C(=O)O)c2ccccc12. The van der Waals surface area contributed by atoms with Crippen LogP contribution in [0.1, 0.15) is 27.2 Å². The summed E-state index contributed by atoms with van der Waals surface area (Å²) in [5.74, 6) is -0.878. The lowest BCUT2D eigenvalue weighted by Crippen LogP contribution is -2.08. The van der Waals surface area contributed by atoms with Gasteiger partial charge in [-0.15, -0.1) is 0 Å². The Balaban J connectivity index is 2.15. The highest BCUT2D eigenvalue weighted by atomic mass is 16.4. The fourth-order valence-corrected chi connectivity index (χ4v) is 2.85. The van der Waals surface area contributed by atoms with E-state index in [0.29, 0.717) is 12.1 Å². The van der Waals surface area contributed by atoms with Gasteiger partial charge >= 0.3 is 5.97 Å². The second kappa shape index (κ2) is 5.09. The van der Waals surface area contributed by atoms with Crippen LogP contribution >= 0.6 is 0 Å². The molecule has 3 rings (SSSR count). The number of para-hydroxylation sites is 1. The first-order chi connectivity index (χ1) is 10.1. The second-order valence-electron chi connectivity index (χ2n) is 5.28. The summed E-state index contributed by atoms with van der Waals surface area (Å²) in [6.07, 6.45) is 0. The van der Waals surface area contributed by atoms with Gasteiger partial charge in [-0.2, -0.15) is 0 Å². The van der Waals surface area contributed by atoms with E-state index >= 15 is 0 Å². The second-order valence-corrected chi connectivity index (χ2v) is 5.28. The number of hydrogen-bond acceptors (Lipinski definition) is 1. The molecule has 0 atom stereocenters. The Bertz CT molecular complexity index is 830. The van der Waals surface area contributed by atoms with E-state index in [1.807, 2.05) is 24.3 Å². The number of carboxylic acids is 1. The van der Waals surface area contributed by atoms with E-state index in [9.17, 15) is 9.90 Å². The van der Waals surface area contributed by atoms with Crippen LogP contribution in [-0.4, -0.2) is 15.6 Å². The number of aryl methyl sites for hydroxylation is 1. The number of aromatic carboxylic acids is 1. The molecule has 3 aromatic rings. The summed E-state index contributed by atoms with van der Waals surface area (Å²) in [7, 11) is 0. The van der Waals surface area contributed by atoms with E-state index in [2.05, 4.69) is 30.5 Å². The fourth-order valence-electron chi connectivity index (χ4n) is 2.85. The molecule has 106 valence electrons. The molecular formula is C18H17NO2. The zero-order valence-electron chi connectivity index (χ0n) is 12.1. The van der Waals surface area contributed by atoms with Gasteiger partial charge in [0.2, 0.25) is 0 Å². The molecule has 21 heavy (non-hydrogen) atoms. The molecule has 0 amide bonds. The molecule has 0 saturated carbocycles. The van der Waals surface area contributed by atoms with Crippen molar-refractivity contribution in [2.75, 3.05) is 0 Å². The lowest BCUT2D eigenvalue weighted by molar-refractivity contribution is 0.0695. The Labute approximate surface area is 123 Å². The molecular weight excluding hydrogens is 262 g/mol. The minimum atomic E-state index is -0.878. The first-order valence-electron chi connectivity index (χ1n) is 6.95. The Hall–Kier alpha value is -2.55. The first kappa shape index (κ1) is 13.4. The summed E-state index contributed by atoms with van der Waals surface area (Å²) in [6, 6.07) is 15.4. The standard InChI is InChI=1S/C18H17NO2/c1-12-13(2)19(17-10-6-5-8-15(12)17)11-14-7-3-4-9-16(14)18(20)21/h3-10H,11H2,1-2H3,(H,20,21). The van der Waals surface area contributed by atoms with Gasteiger partial charge in [0, 0.05) is 23.1 Å². The van der Waals surface area contributed by atoms with Crippen LogP contribution in [0.4, 0.5) is 0 Å². The van der Waals surface area contributed by atoms with E-state index in [4.69, 9.17) is 0 Å². The maximum Gasteiger partial charge on any atom is 0.336 e. The number of carbonyl (C=O) groups is 1. The van der Waals surface area contributed by atoms with Crippen LogP contribution in [0.25, 0.3) is 10.9 Å². The van der Waals surface area contributed by atoms with E-state index in [0.717, 1.165) is 11.1 Å². The summed E-state index contributed by atoms with van der Waals surface area (Å²) in [5, 5.41) is 10.5. The number of nitrogens with zero attached hydrogens (tertiary/aromatic N) is 1. The van der Waals surface area contributed by atoms with Gasteiger partial charge in [0.25, 0.3) is 0 Å². The number of benzene rings is 2. The fraction of sp³-hybridized carbons (Fsp3) is 0.167. The average Bonchev–Trinajstić information content (AvgIpc) is 2.73. The van der Waals surface area contributed by atoms with Crippen LogP contribution in [0.2, 0.25) is 0 Å². The quantitative estimate of drug-likeness (QED) is 0.787. The van der Waals surface area contributed by atoms with Crippen molar-refractivity contribution in [2.45, 2.75) is 20.4 Å². The van der Waals surface area contributed by atoms with Crippen LogP contribution in [0.5, 0.6) is 0 Å². The summed E-state index contributed by atoms with van der Waals surface area (Å²) < 4.78 is 2.19. The summed E-state index contributed by atoms with van der Waals surface area (Å²) >= 11 is 0. The molecule has 0 spiro atoms. The Morgan fingerprint density at radius 3 is 2.48 bits per heavy atom. The van der Waals surface area contributed by atoms with Crippen LogP contribution in [0, 0.1) is 13.8 Å². The largest absolute Gasteiger partial charge is 0.478 e. The summed E-state index contributed by atoms with van der Waals surface area (Å²) in [6.45, 7) is 4.76. The van der Waals surface area contributed by atoms with Crippen LogP contribution in [0.15, 0.2) is 48.5 Å². The monoisotopic (exact) mass is 279 g/mol. The molecule has 1 heterocycles. The molecule has 0 aliphatic rings. The van der Waals surface area contributed by atoms with Crippen molar-refractivity contribution in [3.63, 3.8) is 0 Å². The summed E-state index contributed by atoms with van der Waals surface area (Å²) in [5.41, 5.74) is 4.77. The number of aromatic nitrogens is 1. The molecule has 0 bridgehead atoms. The van der Waals surface area contributed by atoms with E-state index in [1.54, 1.807) is 12.1 Å². The van der Waals surface area contributed by atoms with Crippen LogP contribution in [0.3, 0.4) is 0 Å². The van der Waals surface area contributed by atoms with Gasteiger partial charge in [-0.3, -0.25) is 0 Å². The van der Waals surface area contributed by atoms with Gasteiger partial charge in [0.1, 0.15) is 0 Å². The smallest absolute Gasteiger partial charge is 0.336 e. The van der Waals surface area contributed by atoms with Crippen LogP contribution in [-0.2, 0) is 6.54 Å². The molecule has 0 aliphatic heterocycles. The van der Waals surface area contributed by atoms with Crippen molar-refractivity contribution >= 4 is 16.9 Å². The van der Waals surface area contributed by atoms with Gasteiger partial charge in [-0.25, -0.2) is 4.79 Å². The van der Waals surface area contributed by atoms with Gasteiger partial charge in [-0.05, 0) is 37.1 Å². The zero-order valence-corrected chi connectivity index (χ0v) is 12.1. The van der Waals surface area contributed by atoms with Gasteiger partial charge in [-0.1, -0.05) is 36.4 Å². The number of rotatable bonds is 3. The van der Waals surface area contributed by atoms with Gasteiger partial charge < -0.3 is 9.67 Å². The van der Waals surface area contributed by atoms with Crippen molar-refractivity contribution in [1.29, 1.82) is 0 Å². The van der Waals surface area contributed by atoms with Gasteiger partial charge in [0.05, 0.1) is 5.56 Å². The van der Waals surface area contributed by atoms with E-state index in [-0.39, 0.29) is 0 Å². The molecule has 0 fully saturated rings. The minimum absolute atomic E-state index is 0.368. The topological polar surface area (TPSA) is 42.2 Å². The molecule has 0 radical (unpaired) electrons. The Morgan fingerprint density at radius 2 is 1.71 bits per heavy atom. The van der Waals surface area contributed by atoms with E-state index in [1.165, 1.54) is 16.6 Å². The van der Waals surface area contributed by atoms with Crippen molar-refractivity contribution in [2.24, 2.45) is 0 Å². The molecule has 0 aliphatic carbocycles. The number of hydrogen-bond donors (Lipinski definition) is 1. The summed E-state index contributed by atoms with van der Waals surface area (Å²) in [4.78, 5) is 11.4. The first-order valence-corrected chi connectivity index (χ1v) is 6.95. The number of carboxylic acid groups (broad SMARTS) is 1. The third-order valence-corrected chi connectivity index (χ3v) is 4.12. The molecule has 0 saturated heterocycles. The highest BCUT2D eigenvalue weighted by Crippen LogP contribution is 2.26. The average molecular weight is 279 g/mol. The molecule has 3 nitrogen and oxygen atoms in total. The lowest BCUT2D eigenvalue weighted by atomic mass is 10.1. The normalized spacial score (nSPS) is 11.0. The maximum atomic E-state index is 11.4. The number of fused-ring (bicyclic) bond motifs is 1. The third kappa shape index (κ3) is 2.21. The van der Waals surface area contributed by atoms with Crippen molar-refractivity contribution in [3.8, 4) is 0 Å². The Morgan fingerprint density at radius 1 is 1.05 bits per heavy atom. The highest BCUT2D eigenvalue weighted by molar-refractivity contribution is 5.89. The lowest BCUT2D eigenvalue weighted by Gasteiger charge is -2.11. The predicted molar refractivity (Wildman–Crippen MR) is 83.9 cm³/mol. The zero-order chi connectivity index (χ0) is 15.0. The molecule has 3 heteroatoms. The van der Waals surface area contributed by atoms with Gasteiger partial charge in [0.15, 0.2) is 0 Å². The molecule has 1 N–H and O–H groups in total.